The molecule has 2 aromatic rings. The van der Waals surface area contributed by atoms with Crippen LogP contribution in [0.25, 0.3) is 0 Å². The van der Waals surface area contributed by atoms with Crippen molar-refractivity contribution in [3.63, 3.8) is 0 Å². The van der Waals surface area contributed by atoms with E-state index in [-0.39, 0.29) is 17.5 Å². The Bertz CT molecular complexity index is 639. The molecule has 0 spiro atoms. The third-order valence-corrected chi connectivity index (χ3v) is 4.43. The Labute approximate surface area is 125 Å². The highest BCUT2D eigenvalue weighted by Crippen LogP contribution is 2.40. The van der Waals surface area contributed by atoms with Crippen LogP contribution in [0.4, 0.5) is 0 Å². The number of nitrogens with zero attached hydrogens (tertiary/aromatic N) is 1. The fourth-order valence-corrected chi connectivity index (χ4v) is 3.40. The van der Waals surface area contributed by atoms with Crippen LogP contribution in [0.1, 0.15) is 36.6 Å². The first-order valence-electron chi connectivity index (χ1n) is 7.40. The van der Waals surface area contributed by atoms with E-state index < -0.39 is 0 Å². The zero-order chi connectivity index (χ0) is 15.0. The minimum atomic E-state index is 0.129. The van der Waals surface area contributed by atoms with Gasteiger partial charge >= 0.3 is 0 Å². The Kier molecular flexibility index (Phi) is 3.60. The molecule has 110 valence electrons. The molecule has 21 heavy (non-hydrogen) atoms. The highest BCUT2D eigenvalue weighted by molar-refractivity contribution is 5.48. The predicted octanol–water partition coefficient (Wildman–Crippen LogP) is 3.61. The topological polar surface area (TPSA) is 43.7 Å². The monoisotopic (exact) mass is 283 g/mol. The SMILES string of the molecule is C[C@@H]1Cc2cc(O)cc(O)c2[C@@H](C)N1Cc1ccccc1. The smallest absolute Gasteiger partial charge is 0.124 e. The van der Waals surface area contributed by atoms with Crippen molar-refractivity contribution in [3.8, 4) is 11.5 Å². The van der Waals surface area contributed by atoms with E-state index in [9.17, 15) is 10.2 Å². The van der Waals surface area contributed by atoms with Crippen LogP contribution in [0.5, 0.6) is 11.5 Å². The maximum atomic E-state index is 10.2. The number of fused-ring (bicyclic) bond motifs is 1. The minimum Gasteiger partial charge on any atom is -0.508 e. The van der Waals surface area contributed by atoms with Crippen LogP contribution in [0, 0.1) is 0 Å². The number of benzene rings is 2. The molecular formula is C18H21NO2. The zero-order valence-corrected chi connectivity index (χ0v) is 12.5. The summed E-state index contributed by atoms with van der Waals surface area (Å²) < 4.78 is 0. The lowest BCUT2D eigenvalue weighted by Crippen LogP contribution is -2.40. The first kappa shape index (κ1) is 14.0. The predicted molar refractivity (Wildman–Crippen MR) is 83.3 cm³/mol. The molecule has 1 aliphatic heterocycles. The lowest BCUT2D eigenvalue weighted by molar-refractivity contribution is 0.126. The average Bonchev–Trinajstić information content (AvgIpc) is 2.43. The van der Waals surface area contributed by atoms with Crippen molar-refractivity contribution < 1.29 is 10.2 Å². The maximum Gasteiger partial charge on any atom is 0.124 e. The Balaban J connectivity index is 1.94. The average molecular weight is 283 g/mol. The van der Waals surface area contributed by atoms with E-state index in [0.717, 1.165) is 24.1 Å². The molecule has 2 atom stereocenters. The van der Waals surface area contributed by atoms with Gasteiger partial charge in [-0.15, -0.1) is 0 Å². The number of hydrogen-bond acceptors (Lipinski definition) is 3. The normalized spacial score (nSPS) is 22.0. The van der Waals surface area contributed by atoms with Crippen LogP contribution in [-0.2, 0) is 13.0 Å². The highest BCUT2D eigenvalue weighted by Gasteiger charge is 2.31. The van der Waals surface area contributed by atoms with E-state index in [1.54, 1.807) is 6.07 Å². The molecule has 3 nitrogen and oxygen atoms in total. The van der Waals surface area contributed by atoms with Gasteiger partial charge < -0.3 is 10.2 Å². The molecule has 2 aromatic carbocycles. The second-order valence-corrected chi connectivity index (χ2v) is 5.92. The van der Waals surface area contributed by atoms with E-state index in [1.807, 2.05) is 6.07 Å². The lowest BCUT2D eigenvalue weighted by atomic mass is 9.88. The Morgan fingerprint density at radius 1 is 1.10 bits per heavy atom. The summed E-state index contributed by atoms with van der Waals surface area (Å²) in [7, 11) is 0. The van der Waals surface area contributed by atoms with Gasteiger partial charge in [0.1, 0.15) is 11.5 Å². The maximum absolute atomic E-state index is 10.2. The number of aromatic hydroxyl groups is 2. The molecule has 0 saturated carbocycles. The van der Waals surface area contributed by atoms with Gasteiger partial charge in [0.25, 0.3) is 0 Å². The quantitative estimate of drug-likeness (QED) is 0.885. The van der Waals surface area contributed by atoms with Crippen molar-refractivity contribution in [2.75, 3.05) is 0 Å². The molecule has 2 N–H and O–H groups in total. The Morgan fingerprint density at radius 3 is 2.52 bits per heavy atom. The Morgan fingerprint density at radius 2 is 1.81 bits per heavy atom. The molecule has 0 saturated heterocycles. The fraction of sp³-hybridized carbons (Fsp3) is 0.333. The highest BCUT2D eigenvalue weighted by atomic mass is 16.3. The van der Waals surface area contributed by atoms with Crippen LogP contribution in [-0.4, -0.2) is 21.2 Å². The second kappa shape index (κ2) is 5.41. The summed E-state index contributed by atoms with van der Waals surface area (Å²) in [5, 5.41) is 19.9. The van der Waals surface area contributed by atoms with Crippen molar-refractivity contribution in [1.29, 1.82) is 0 Å². The summed E-state index contributed by atoms with van der Waals surface area (Å²) in [4.78, 5) is 2.40. The van der Waals surface area contributed by atoms with Crippen molar-refractivity contribution in [3.05, 3.63) is 59.2 Å². The van der Waals surface area contributed by atoms with Gasteiger partial charge in [0, 0.05) is 30.3 Å². The van der Waals surface area contributed by atoms with Crippen molar-refractivity contribution in [2.45, 2.75) is 38.9 Å². The van der Waals surface area contributed by atoms with Gasteiger partial charge in [0.2, 0.25) is 0 Å². The van der Waals surface area contributed by atoms with Gasteiger partial charge in [-0.05, 0) is 37.5 Å². The molecule has 0 fully saturated rings. The van der Waals surface area contributed by atoms with E-state index in [4.69, 9.17) is 0 Å². The molecule has 0 aliphatic carbocycles. The molecule has 0 aromatic heterocycles. The van der Waals surface area contributed by atoms with Gasteiger partial charge in [-0.25, -0.2) is 0 Å². The number of rotatable bonds is 2. The van der Waals surface area contributed by atoms with Crippen molar-refractivity contribution >= 4 is 0 Å². The van der Waals surface area contributed by atoms with Crippen LogP contribution in [0.15, 0.2) is 42.5 Å². The lowest BCUT2D eigenvalue weighted by Gasteiger charge is -2.40. The van der Waals surface area contributed by atoms with Crippen LogP contribution >= 0.6 is 0 Å². The standard InChI is InChI=1S/C18H21NO2/c1-12-8-15-9-16(20)10-17(21)18(15)13(2)19(12)11-14-6-4-3-5-7-14/h3-7,9-10,12-13,20-21H,8,11H2,1-2H3/t12-,13-/m1/s1. The first-order valence-corrected chi connectivity index (χ1v) is 7.40. The first-order chi connectivity index (χ1) is 10.1. The molecular weight excluding hydrogens is 262 g/mol. The summed E-state index contributed by atoms with van der Waals surface area (Å²) in [6, 6.07) is 14.1. The molecule has 3 heteroatoms. The minimum absolute atomic E-state index is 0.129. The third-order valence-electron chi connectivity index (χ3n) is 4.43. The summed E-state index contributed by atoms with van der Waals surface area (Å²) in [6.45, 7) is 5.18. The van der Waals surface area contributed by atoms with Gasteiger partial charge in [-0.1, -0.05) is 30.3 Å². The van der Waals surface area contributed by atoms with Gasteiger partial charge in [-0.2, -0.15) is 0 Å². The Hall–Kier alpha value is -2.00. The molecule has 3 rings (SSSR count). The van der Waals surface area contributed by atoms with Gasteiger partial charge in [-0.3, -0.25) is 4.90 Å². The summed E-state index contributed by atoms with van der Waals surface area (Å²) in [6.07, 6.45) is 0.842. The summed E-state index contributed by atoms with van der Waals surface area (Å²) >= 11 is 0. The van der Waals surface area contributed by atoms with E-state index >= 15 is 0 Å². The second-order valence-electron chi connectivity index (χ2n) is 5.92. The van der Waals surface area contributed by atoms with Gasteiger partial charge in [0.05, 0.1) is 0 Å². The number of phenolic OH excluding ortho intramolecular Hbond substituents is 2. The van der Waals surface area contributed by atoms with Crippen molar-refractivity contribution in [1.82, 2.24) is 4.90 Å². The molecule has 0 amide bonds. The van der Waals surface area contributed by atoms with Gasteiger partial charge in [0.15, 0.2) is 0 Å². The van der Waals surface area contributed by atoms with Crippen LogP contribution in [0.2, 0.25) is 0 Å². The molecule has 0 radical (unpaired) electrons. The molecule has 1 aliphatic rings. The van der Waals surface area contributed by atoms with Crippen LogP contribution < -0.4 is 0 Å². The molecule has 1 heterocycles. The summed E-state index contributed by atoms with van der Waals surface area (Å²) in [5.74, 6) is 0.338. The molecule has 0 unspecified atom stereocenters. The van der Waals surface area contributed by atoms with Crippen LogP contribution in [0.3, 0.4) is 0 Å². The van der Waals surface area contributed by atoms with E-state index in [1.165, 1.54) is 11.6 Å². The third kappa shape index (κ3) is 2.61. The number of hydrogen-bond donors (Lipinski definition) is 2. The largest absolute Gasteiger partial charge is 0.508 e. The molecule has 0 bridgehead atoms. The summed E-state index contributed by atoms with van der Waals surface area (Å²) in [5.41, 5.74) is 3.27. The fourth-order valence-electron chi connectivity index (χ4n) is 3.40. The zero-order valence-electron chi connectivity index (χ0n) is 12.5. The van der Waals surface area contributed by atoms with Crippen molar-refractivity contribution in [2.24, 2.45) is 0 Å². The van der Waals surface area contributed by atoms with E-state index in [2.05, 4.69) is 43.0 Å². The number of phenols is 2. The van der Waals surface area contributed by atoms with E-state index in [0.29, 0.717) is 6.04 Å².